The molecule has 1 aromatic heterocycles. The van der Waals surface area contributed by atoms with E-state index in [0.29, 0.717) is 31.4 Å². The van der Waals surface area contributed by atoms with Crippen molar-refractivity contribution in [2.75, 3.05) is 49.6 Å². The summed E-state index contributed by atoms with van der Waals surface area (Å²) in [5.41, 5.74) is 0. The third-order valence-electron chi connectivity index (χ3n) is 4.01. The lowest BCUT2D eigenvalue weighted by Gasteiger charge is -2.28. The highest BCUT2D eigenvalue weighted by molar-refractivity contribution is 7.89. The Bertz CT molecular complexity index is 888. The standard InChI is InChI=1S/C17H22ClN5O3S/c1-13-21-16(12-17(22-13)23-8-10-26-11-9-23)19-6-7-20-27(24,25)15-5-3-2-4-14(15)18/h2-5,12,20H,6-11H2,1H3,(H,19,21,22). The monoisotopic (exact) mass is 411 g/mol. The Balaban J connectivity index is 1.57. The highest BCUT2D eigenvalue weighted by Crippen LogP contribution is 2.20. The minimum absolute atomic E-state index is 0.0687. The fraction of sp³-hybridized carbons (Fsp3) is 0.412. The minimum atomic E-state index is -3.66. The first-order valence-electron chi connectivity index (χ1n) is 8.62. The van der Waals surface area contributed by atoms with Crippen molar-refractivity contribution in [3.05, 3.63) is 41.2 Å². The Morgan fingerprint density at radius 1 is 1.19 bits per heavy atom. The van der Waals surface area contributed by atoms with Crippen molar-refractivity contribution in [3.63, 3.8) is 0 Å². The molecule has 2 aromatic rings. The second-order valence-corrected chi connectivity index (χ2v) is 8.16. The first kappa shape index (κ1) is 19.8. The van der Waals surface area contributed by atoms with Crippen LogP contribution in [0.1, 0.15) is 5.82 Å². The molecule has 2 heterocycles. The fourth-order valence-electron chi connectivity index (χ4n) is 2.71. The summed E-state index contributed by atoms with van der Waals surface area (Å²) in [5, 5.41) is 3.33. The van der Waals surface area contributed by atoms with Crippen LogP contribution in [0.5, 0.6) is 0 Å². The van der Waals surface area contributed by atoms with Gasteiger partial charge in [0.15, 0.2) is 0 Å². The van der Waals surface area contributed by atoms with E-state index in [9.17, 15) is 8.42 Å². The van der Waals surface area contributed by atoms with Crippen molar-refractivity contribution < 1.29 is 13.2 Å². The number of morpholine rings is 1. The highest BCUT2D eigenvalue weighted by Gasteiger charge is 2.17. The second-order valence-electron chi connectivity index (χ2n) is 6.01. The number of anilines is 2. The van der Waals surface area contributed by atoms with E-state index in [4.69, 9.17) is 16.3 Å². The van der Waals surface area contributed by atoms with Gasteiger partial charge in [0, 0.05) is 32.2 Å². The summed E-state index contributed by atoms with van der Waals surface area (Å²) in [4.78, 5) is 11.0. The maximum absolute atomic E-state index is 12.3. The van der Waals surface area contributed by atoms with Gasteiger partial charge in [0.2, 0.25) is 10.0 Å². The van der Waals surface area contributed by atoms with Gasteiger partial charge < -0.3 is 15.0 Å². The molecule has 1 aliphatic heterocycles. The number of hydrogen-bond donors (Lipinski definition) is 2. The first-order valence-corrected chi connectivity index (χ1v) is 10.5. The van der Waals surface area contributed by atoms with Gasteiger partial charge in [-0.15, -0.1) is 0 Å². The lowest BCUT2D eigenvalue weighted by molar-refractivity contribution is 0.122. The van der Waals surface area contributed by atoms with E-state index in [2.05, 4.69) is 24.9 Å². The predicted molar refractivity (Wildman–Crippen MR) is 105 cm³/mol. The van der Waals surface area contributed by atoms with Gasteiger partial charge in [-0.1, -0.05) is 23.7 Å². The largest absolute Gasteiger partial charge is 0.378 e. The zero-order valence-corrected chi connectivity index (χ0v) is 16.6. The Morgan fingerprint density at radius 3 is 2.67 bits per heavy atom. The quantitative estimate of drug-likeness (QED) is 0.669. The topological polar surface area (TPSA) is 96.5 Å². The number of nitrogens with zero attached hydrogens (tertiary/aromatic N) is 3. The Morgan fingerprint density at radius 2 is 1.93 bits per heavy atom. The summed E-state index contributed by atoms with van der Waals surface area (Å²) in [6, 6.07) is 8.20. The number of aryl methyl sites for hydroxylation is 1. The van der Waals surface area contributed by atoms with Gasteiger partial charge in [-0.25, -0.2) is 23.1 Å². The van der Waals surface area contributed by atoms with Crippen LogP contribution >= 0.6 is 11.6 Å². The van der Waals surface area contributed by atoms with Crippen LogP contribution < -0.4 is 14.9 Å². The van der Waals surface area contributed by atoms with Crippen molar-refractivity contribution in [1.82, 2.24) is 14.7 Å². The Labute approximate surface area is 164 Å². The van der Waals surface area contributed by atoms with Crippen LogP contribution in [-0.2, 0) is 14.8 Å². The minimum Gasteiger partial charge on any atom is -0.378 e. The summed E-state index contributed by atoms with van der Waals surface area (Å²) in [7, 11) is -3.66. The molecular formula is C17H22ClN5O3S. The fourth-order valence-corrected chi connectivity index (χ4v) is 4.26. The molecule has 1 fully saturated rings. The van der Waals surface area contributed by atoms with E-state index in [0.717, 1.165) is 18.9 Å². The zero-order valence-electron chi connectivity index (χ0n) is 15.0. The van der Waals surface area contributed by atoms with E-state index in [1.807, 2.05) is 13.0 Å². The number of hydrogen-bond acceptors (Lipinski definition) is 7. The zero-order chi connectivity index (χ0) is 19.3. The molecule has 0 radical (unpaired) electrons. The molecule has 27 heavy (non-hydrogen) atoms. The average Bonchev–Trinajstić information content (AvgIpc) is 2.66. The van der Waals surface area contributed by atoms with Crippen molar-refractivity contribution in [3.8, 4) is 0 Å². The molecule has 1 saturated heterocycles. The number of rotatable bonds is 7. The van der Waals surface area contributed by atoms with Crippen LogP contribution in [0.15, 0.2) is 35.2 Å². The van der Waals surface area contributed by atoms with Gasteiger partial charge in [0.25, 0.3) is 0 Å². The SMILES string of the molecule is Cc1nc(NCCNS(=O)(=O)c2ccccc2Cl)cc(N2CCOCC2)n1. The number of ether oxygens (including phenoxy) is 1. The third-order valence-corrected chi connectivity index (χ3v) is 5.97. The summed E-state index contributed by atoms with van der Waals surface area (Å²) in [6.45, 7) is 5.33. The van der Waals surface area contributed by atoms with Crippen LogP contribution in [0.2, 0.25) is 5.02 Å². The molecule has 0 saturated carbocycles. The van der Waals surface area contributed by atoms with Crippen molar-refractivity contribution in [1.29, 1.82) is 0 Å². The second kappa shape index (κ2) is 8.83. The van der Waals surface area contributed by atoms with Crippen molar-refractivity contribution >= 4 is 33.3 Å². The van der Waals surface area contributed by atoms with Gasteiger partial charge in [0.1, 0.15) is 22.4 Å². The predicted octanol–water partition coefficient (Wildman–Crippen LogP) is 1.67. The maximum Gasteiger partial charge on any atom is 0.242 e. The van der Waals surface area contributed by atoms with Crippen molar-refractivity contribution in [2.24, 2.45) is 0 Å². The van der Waals surface area contributed by atoms with Gasteiger partial charge in [0.05, 0.1) is 18.2 Å². The van der Waals surface area contributed by atoms with Crippen LogP contribution in [-0.4, -0.2) is 57.8 Å². The first-order chi connectivity index (χ1) is 13.0. The van der Waals surface area contributed by atoms with E-state index in [-0.39, 0.29) is 16.5 Å². The Hall–Kier alpha value is -1.94. The molecule has 1 aromatic carbocycles. The van der Waals surface area contributed by atoms with Crippen LogP contribution in [0.4, 0.5) is 11.6 Å². The summed E-state index contributed by atoms with van der Waals surface area (Å²) in [5.74, 6) is 2.14. The third kappa shape index (κ3) is 5.29. The molecule has 8 nitrogen and oxygen atoms in total. The smallest absolute Gasteiger partial charge is 0.242 e. The number of nitrogens with one attached hydrogen (secondary N) is 2. The van der Waals surface area contributed by atoms with Crippen molar-refractivity contribution in [2.45, 2.75) is 11.8 Å². The van der Waals surface area contributed by atoms with Gasteiger partial charge in [-0.2, -0.15) is 0 Å². The summed E-state index contributed by atoms with van der Waals surface area (Å²) >= 11 is 5.96. The maximum atomic E-state index is 12.3. The van der Waals surface area contributed by atoms with E-state index in [1.165, 1.54) is 6.07 Å². The molecule has 1 aliphatic rings. The highest BCUT2D eigenvalue weighted by atomic mass is 35.5. The van der Waals surface area contributed by atoms with Gasteiger partial charge in [-0.05, 0) is 19.1 Å². The average molecular weight is 412 g/mol. The number of benzene rings is 1. The molecule has 0 amide bonds. The summed E-state index contributed by atoms with van der Waals surface area (Å²) < 4.78 is 32.5. The molecule has 0 bridgehead atoms. The summed E-state index contributed by atoms with van der Waals surface area (Å²) in [6.07, 6.45) is 0. The van der Waals surface area contributed by atoms with E-state index < -0.39 is 10.0 Å². The van der Waals surface area contributed by atoms with Crippen LogP contribution in [0.3, 0.4) is 0 Å². The lowest BCUT2D eigenvalue weighted by atomic mass is 10.4. The molecular weight excluding hydrogens is 390 g/mol. The van der Waals surface area contributed by atoms with E-state index >= 15 is 0 Å². The number of sulfonamides is 1. The molecule has 0 spiro atoms. The number of halogens is 1. The molecule has 146 valence electrons. The Kier molecular flexibility index (Phi) is 6.48. The molecule has 0 unspecified atom stereocenters. The number of aromatic nitrogens is 2. The normalized spacial score (nSPS) is 15.0. The van der Waals surface area contributed by atoms with Crippen LogP contribution in [0.25, 0.3) is 0 Å². The molecule has 2 N–H and O–H groups in total. The van der Waals surface area contributed by atoms with Crippen LogP contribution in [0, 0.1) is 6.92 Å². The van der Waals surface area contributed by atoms with Gasteiger partial charge in [-0.3, -0.25) is 0 Å². The van der Waals surface area contributed by atoms with E-state index in [1.54, 1.807) is 18.2 Å². The molecule has 10 heteroatoms. The van der Waals surface area contributed by atoms with Gasteiger partial charge >= 0.3 is 0 Å². The lowest BCUT2D eigenvalue weighted by Crippen LogP contribution is -2.37. The molecule has 0 aliphatic carbocycles. The molecule has 0 atom stereocenters. The molecule has 3 rings (SSSR count).